The maximum absolute atomic E-state index is 13.9. The lowest BCUT2D eigenvalue weighted by Crippen LogP contribution is -2.47. The molecule has 1 aromatic rings. The molecule has 0 radical (unpaired) electrons. The van der Waals surface area contributed by atoms with Crippen LogP contribution in [0.25, 0.3) is 0 Å². The molecule has 0 aromatic heterocycles. The van der Waals surface area contributed by atoms with Gasteiger partial charge >= 0.3 is 0 Å². The van der Waals surface area contributed by atoms with Crippen molar-refractivity contribution in [2.45, 2.75) is 32.2 Å². The molecule has 0 unspecified atom stereocenters. The average molecular weight is 391 g/mol. The molecular formula is C21H30FN3O3. The Kier molecular flexibility index (Phi) is 6.67. The van der Waals surface area contributed by atoms with Crippen LogP contribution in [0.3, 0.4) is 0 Å². The fourth-order valence-electron chi connectivity index (χ4n) is 3.98. The first-order chi connectivity index (χ1) is 13.5. The molecule has 28 heavy (non-hydrogen) atoms. The van der Waals surface area contributed by atoms with Crippen molar-refractivity contribution >= 4 is 11.8 Å². The summed E-state index contributed by atoms with van der Waals surface area (Å²) in [4.78, 5) is 28.7. The van der Waals surface area contributed by atoms with E-state index in [9.17, 15) is 14.0 Å². The smallest absolute Gasteiger partial charge is 0.238 e. The molecule has 1 aliphatic heterocycles. The Hall–Kier alpha value is -1.99. The van der Waals surface area contributed by atoms with Gasteiger partial charge in [-0.1, -0.05) is 18.2 Å². The first-order valence-electron chi connectivity index (χ1n) is 10.0. The van der Waals surface area contributed by atoms with E-state index in [1.165, 1.54) is 6.07 Å². The summed E-state index contributed by atoms with van der Waals surface area (Å²) < 4.78 is 19.0. The number of rotatable bonds is 9. The summed E-state index contributed by atoms with van der Waals surface area (Å²) in [6, 6.07) is 6.88. The molecule has 3 rings (SSSR count). The van der Waals surface area contributed by atoms with Crippen LogP contribution in [0.15, 0.2) is 24.3 Å². The van der Waals surface area contributed by atoms with E-state index in [1.807, 2.05) is 12.1 Å². The summed E-state index contributed by atoms with van der Waals surface area (Å²) in [5.41, 5.74) is 5.21. The lowest BCUT2D eigenvalue weighted by Gasteiger charge is -2.35. The number of nitrogens with zero attached hydrogens (tertiary/aromatic N) is 2. The number of carbonyl (C=O) groups excluding carboxylic acids is 2. The minimum Gasteiger partial charge on any atom is -0.383 e. The van der Waals surface area contributed by atoms with E-state index in [1.54, 1.807) is 18.1 Å². The highest BCUT2D eigenvalue weighted by Gasteiger charge is 2.57. The standard InChI is InChI=1S/C21H30FN3O3/c1-28-13-12-25(20(27)21(8-9-21)19(23)26)14-16-6-10-24(11-7-16)15-17-4-2-3-5-18(17)22/h2-5,16H,6-15H2,1H3,(H2,23,26). The zero-order chi connectivity index (χ0) is 20.1. The molecular weight excluding hydrogens is 361 g/mol. The van der Waals surface area contributed by atoms with Crippen molar-refractivity contribution < 1.29 is 18.7 Å². The Labute approximate surface area is 165 Å². The van der Waals surface area contributed by atoms with Gasteiger partial charge in [-0.2, -0.15) is 0 Å². The number of amides is 2. The Morgan fingerprint density at radius 1 is 1.29 bits per heavy atom. The highest BCUT2D eigenvalue weighted by atomic mass is 19.1. The van der Waals surface area contributed by atoms with Crippen LogP contribution in [-0.4, -0.2) is 61.5 Å². The largest absolute Gasteiger partial charge is 0.383 e. The van der Waals surface area contributed by atoms with Gasteiger partial charge in [-0.15, -0.1) is 0 Å². The third-order valence-electron chi connectivity index (χ3n) is 6.02. The molecule has 2 N–H and O–H groups in total. The lowest BCUT2D eigenvalue weighted by molar-refractivity contribution is -0.144. The number of likely N-dealkylation sites (tertiary alicyclic amines) is 1. The van der Waals surface area contributed by atoms with Crippen LogP contribution in [-0.2, 0) is 20.9 Å². The number of methoxy groups -OCH3 is 1. The van der Waals surface area contributed by atoms with Crippen molar-refractivity contribution in [3.05, 3.63) is 35.6 Å². The van der Waals surface area contributed by atoms with Gasteiger partial charge < -0.3 is 15.4 Å². The normalized spacial score (nSPS) is 19.4. The third kappa shape index (κ3) is 4.70. The number of ether oxygens (including phenoxy) is 1. The predicted molar refractivity (Wildman–Crippen MR) is 104 cm³/mol. The second-order valence-electron chi connectivity index (χ2n) is 8.00. The first kappa shape index (κ1) is 20.7. The number of hydrogen-bond donors (Lipinski definition) is 1. The van der Waals surface area contributed by atoms with Crippen molar-refractivity contribution in [2.24, 2.45) is 17.1 Å². The molecule has 1 saturated carbocycles. The molecule has 2 amide bonds. The number of carbonyl (C=O) groups is 2. The summed E-state index contributed by atoms with van der Waals surface area (Å²) in [5, 5.41) is 0. The van der Waals surface area contributed by atoms with Gasteiger partial charge in [0.25, 0.3) is 0 Å². The third-order valence-corrected chi connectivity index (χ3v) is 6.02. The number of benzene rings is 1. The molecule has 6 nitrogen and oxygen atoms in total. The Bertz CT molecular complexity index is 700. The lowest BCUT2D eigenvalue weighted by atomic mass is 9.94. The van der Waals surface area contributed by atoms with E-state index < -0.39 is 11.3 Å². The summed E-state index contributed by atoms with van der Waals surface area (Å²) in [6.07, 6.45) is 2.97. The highest BCUT2D eigenvalue weighted by Crippen LogP contribution is 2.47. The van der Waals surface area contributed by atoms with Gasteiger partial charge in [0.1, 0.15) is 11.2 Å². The molecule has 1 aliphatic carbocycles. The van der Waals surface area contributed by atoms with Crippen LogP contribution in [0.2, 0.25) is 0 Å². The molecule has 2 fully saturated rings. The Morgan fingerprint density at radius 3 is 2.54 bits per heavy atom. The fraction of sp³-hybridized carbons (Fsp3) is 0.619. The Balaban J connectivity index is 1.54. The number of nitrogens with two attached hydrogens (primary N) is 1. The highest BCUT2D eigenvalue weighted by molar-refractivity contribution is 6.07. The number of piperidine rings is 1. The van der Waals surface area contributed by atoms with Crippen LogP contribution in [0.4, 0.5) is 4.39 Å². The van der Waals surface area contributed by atoms with Gasteiger partial charge in [-0.3, -0.25) is 14.5 Å². The van der Waals surface area contributed by atoms with Crippen LogP contribution in [0.5, 0.6) is 0 Å². The van der Waals surface area contributed by atoms with Gasteiger partial charge in [0.2, 0.25) is 11.8 Å². The zero-order valence-corrected chi connectivity index (χ0v) is 16.5. The van der Waals surface area contributed by atoms with E-state index in [4.69, 9.17) is 10.5 Å². The molecule has 0 bridgehead atoms. The van der Waals surface area contributed by atoms with E-state index in [-0.39, 0.29) is 11.7 Å². The maximum atomic E-state index is 13.9. The quantitative estimate of drug-likeness (QED) is 0.651. The van der Waals surface area contributed by atoms with E-state index in [2.05, 4.69) is 4.90 Å². The average Bonchev–Trinajstić information content (AvgIpc) is 3.50. The molecule has 154 valence electrons. The monoisotopic (exact) mass is 391 g/mol. The van der Waals surface area contributed by atoms with Gasteiger partial charge in [0, 0.05) is 32.3 Å². The van der Waals surface area contributed by atoms with Crippen molar-refractivity contribution in [1.29, 1.82) is 0 Å². The van der Waals surface area contributed by atoms with Crippen molar-refractivity contribution in [3.63, 3.8) is 0 Å². The zero-order valence-electron chi connectivity index (χ0n) is 16.5. The second-order valence-corrected chi connectivity index (χ2v) is 8.00. The summed E-state index contributed by atoms with van der Waals surface area (Å²) in [7, 11) is 1.60. The number of halogens is 1. The van der Waals surface area contributed by atoms with Gasteiger partial charge in [-0.25, -0.2) is 4.39 Å². The van der Waals surface area contributed by atoms with Crippen LogP contribution < -0.4 is 5.73 Å². The molecule has 1 saturated heterocycles. The van der Waals surface area contributed by atoms with E-state index in [0.717, 1.165) is 31.5 Å². The summed E-state index contributed by atoms with van der Waals surface area (Å²) in [6.45, 7) is 3.87. The number of primary amides is 1. The fourth-order valence-corrected chi connectivity index (χ4v) is 3.98. The van der Waals surface area contributed by atoms with Gasteiger partial charge in [-0.05, 0) is 50.8 Å². The van der Waals surface area contributed by atoms with Crippen molar-refractivity contribution in [3.8, 4) is 0 Å². The molecule has 2 aliphatic rings. The van der Waals surface area contributed by atoms with E-state index in [0.29, 0.717) is 45.0 Å². The molecule has 7 heteroatoms. The minimum absolute atomic E-state index is 0.147. The molecule has 1 aromatic carbocycles. The van der Waals surface area contributed by atoms with Crippen molar-refractivity contribution in [1.82, 2.24) is 9.80 Å². The molecule has 1 heterocycles. The SMILES string of the molecule is COCCN(CC1CCN(Cc2ccccc2F)CC1)C(=O)C1(C(N)=O)CC1. The van der Waals surface area contributed by atoms with Crippen LogP contribution in [0.1, 0.15) is 31.2 Å². The minimum atomic E-state index is -0.987. The molecule has 0 atom stereocenters. The maximum Gasteiger partial charge on any atom is 0.238 e. The topological polar surface area (TPSA) is 75.9 Å². The van der Waals surface area contributed by atoms with Crippen molar-refractivity contribution in [2.75, 3.05) is 39.9 Å². The summed E-state index contributed by atoms with van der Waals surface area (Å²) >= 11 is 0. The summed E-state index contributed by atoms with van der Waals surface area (Å²) in [5.74, 6) is -0.464. The first-order valence-corrected chi connectivity index (χ1v) is 10.0. The predicted octanol–water partition coefficient (Wildman–Crippen LogP) is 1.78. The Morgan fingerprint density at radius 2 is 1.96 bits per heavy atom. The molecule has 0 spiro atoms. The van der Waals surface area contributed by atoms with Crippen LogP contribution >= 0.6 is 0 Å². The van der Waals surface area contributed by atoms with E-state index >= 15 is 0 Å². The number of hydrogen-bond acceptors (Lipinski definition) is 4. The second kappa shape index (κ2) is 9.01. The van der Waals surface area contributed by atoms with Crippen LogP contribution in [0, 0.1) is 17.2 Å². The van der Waals surface area contributed by atoms with Gasteiger partial charge in [0.05, 0.1) is 6.61 Å². The van der Waals surface area contributed by atoms with Gasteiger partial charge in [0.15, 0.2) is 0 Å².